The Morgan fingerprint density at radius 3 is 2.73 bits per heavy atom. The smallest absolute Gasteiger partial charge is 0.387 e. The summed E-state index contributed by atoms with van der Waals surface area (Å²) in [4.78, 5) is 12.2. The SMILES string of the molecule is Cc1c(C(=O)NC(C)c2cccc(OC(F)F)c2)cnn1C. The lowest BCUT2D eigenvalue weighted by molar-refractivity contribution is -0.0499. The molecule has 0 aliphatic rings. The molecular formula is C15H17F2N3O2. The molecule has 2 rings (SSSR count). The third-order valence-electron chi connectivity index (χ3n) is 3.41. The van der Waals surface area contributed by atoms with Gasteiger partial charge in [-0.15, -0.1) is 0 Å². The van der Waals surface area contributed by atoms with Crippen LogP contribution in [0.2, 0.25) is 0 Å². The fraction of sp³-hybridized carbons (Fsp3) is 0.333. The second kappa shape index (κ2) is 6.55. The highest BCUT2D eigenvalue weighted by Crippen LogP contribution is 2.21. The number of benzene rings is 1. The van der Waals surface area contributed by atoms with Gasteiger partial charge in [0.15, 0.2) is 0 Å². The highest BCUT2D eigenvalue weighted by Gasteiger charge is 2.16. The van der Waals surface area contributed by atoms with Crippen LogP contribution in [0.3, 0.4) is 0 Å². The molecule has 5 nitrogen and oxygen atoms in total. The number of hydrogen-bond donors (Lipinski definition) is 1. The Bertz CT molecular complexity index is 671. The van der Waals surface area contributed by atoms with E-state index in [-0.39, 0.29) is 17.7 Å². The minimum atomic E-state index is -2.88. The molecule has 22 heavy (non-hydrogen) atoms. The van der Waals surface area contributed by atoms with Gasteiger partial charge in [0.05, 0.1) is 17.8 Å². The van der Waals surface area contributed by atoms with Crippen LogP contribution in [0, 0.1) is 6.92 Å². The number of hydrogen-bond acceptors (Lipinski definition) is 3. The van der Waals surface area contributed by atoms with E-state index in [4.69, 9.17) is 0 Å². The molecule has 1 amide bonds. The second-order valence-electron chi connectivity index (χ2n) is 4.91. The van der Waals surface area contributed by atoms with Crippen LogP contribution in [-0.4, -0.2) is 22.3 Å². The van der Waals surface area contributed by atoms with Crippen molar-refractivity contribution in [2.75, 3.05) is 0 Å². The summed E-state index contributed by atoms with van der Waals surface area (Å²) in [6, 6.07) is 5.90. The summed E-state index contributed by atoms with van der Waals surface area (Å²) < 4.78 is 30.4. The molecule has 0 radical (unpaired) electrons. The summed E-state index contributed by atoms with van der Waals surface area (Å²) in [6.07, 6.45) is 1.49. The zero-order chi connectivity index (χ0) is 16.3. The summed E-state index contributed by atoms with van der Waals surface area (Å²) in [5.41, 5.74) is 1.90. The van der Waals surface area contributed by atoms with E-state index >= 15 is 0 Å². The highest BCUT2D eigenvalue weighted by molar-refractivity contribution is 5.95. The van der Waals surface area contributed by atoms with Crippen LogP contribution in [0.1, 0.15) is 34.6 Å². The first-order chi connectivity index (χ1) is 10.4. The number of ether oxygens (including phenoxy) is 1. The van der Waals surface area contributed by atoms with Gasteiger partial charge in [-0.2, -0.15) is 13.9 Å². The van der Waals surface area contributed by atoms with Crippen molar-refractivity contribution in [1.82, 2.24) is 15.1 Å². The van der Waals surface area contributed by atoms with Gasteiger partial charge in [0.2, 0.25) is 0 Å². The van der Waals surface area contributed by atoms with Crippen LogP contribution in [0.4, 0.5) is 8.78 Å². The number of carbonyl (C=O) groups excluding carboxylic acids is 1. The summed E-state index contributed by atoms with van der Waals surface area (Å²) in [7, 11) is 1.75. The Morgan fingerprint density at radius 2 is 2.14 bits per heavy atom. The number of aryl methyl sites for hydroxylation is 1. The Kier molecular flexibility index (Phi) is 4.75. The van der Waals surface area contributed by atoms with Gasteiger partial charge in [0.25, 0.3) is 5.91 Å². The highest BCUT2D eigenvalue weighted by atomic mass is 19.3. The van der Waals surface area contributed by atoms with Crippen molar-refractivity contribution in [2.45, 2.75) is 26.5 Å². The molecule has 7 heteroatoms. The number of alkyl halides is 2. The fourth-order valence-electron chi connectivity index (χ4n) is 2.04. The van der Waals surface area contributed by atoms with Gasteiger partial charge in [0.1, 0.15) is 5.75 Å². The largest absolute Gasteiger partial charge is 0.435 e. The molecule has 0 bridgehead atoms. The van der Waals surface area contributed by atoms with Gasteiger partial charge in [-0.25, -0.2) is 0 Å². The number of amides is 1. The monoisotopic (exact) mass is 309 g/mol. The Morgan fingerprint density at radius 1 is 1.41 bits per heavy atom. The van der Waals surface area contributed by atoms with E-state index in [0.29, 0.717) is 11.1 Å². The lowest BCUT2D eigenvalue weighted by Crippen LogP contribution is -2.27. The molecule has 0 saturated heterocycles. The fourth-order valence-corrected chi connectivity index (χ4v) is 2.04. The molecule has 1 atom stereocenters. The molecule has 2 aromatic rings. The summed E-state index contributed by atoms with van der Waals surface area (Å²) in [5, 5.41) is 6.83. The maximum absolute atomic E-state index is 12.2. The molecule has 0 saturated carbocycles. The summed E-state index contributed by atoms with van der Waals surface area (Å²) in [5.74, 6) is -0.204. The van der Waals surface area contributed by atoms with Crippen molar-refractivity contribution in [3.63, 3.8) is 0 Å². The lowest BCUT2D eigenvalue weighted by atomic mass is 10.1. The molecule has 0 aliphatic heterocycles. The van der Waals surface area contributed by atoms with Crippen LogP contribution >= 0.6 is 0 Å². The molecule has 0 aliphatic carbocycles. The maximum Gasteiger partial charge on any atom is 0.387 e. The average Bonchev–Trinajstić information content (AvgIpc) is 2.78. The molecule has 1 N–H and O–H groups in total. The van der Waals surface area contributed by atoms with E-state index in [1.54, 1.807) is 37.7 Å². The zero-order valence-corrected chi connectivity index (χ0v) is 12.5. The third-order valence-corrected chi connectivity index (χ3v) is 3.41. The third kappa shape index (κ3) is 3.60. The lowest BCUT2D eigenvalue weighted by Gasteiger charge is -2.15. The van der Waals surface area contributed by atoms with Crippen molar-refractivity contribution in [3.8, 4) is 5.75 Å². The second-order valence-corrected chi connectivity index (χ2v) is 4.91. The number of nitrogens with zero attached hydrogens (tertiary/aromatic N) is 2. The van der Waals surface area contributed by atoms with Crippen molar-refractivity contribution < 1.29 is 18.3 Å². The molecule has 0 spiro atoms. The van der Waals surface area contributed by atoms with Gasteiger partial charge < -0.3 is 10.1 Å². The first-order valence-electron chi connectivity index (χ1n) is 6.72. The molecule has 1 aromatic heterocycles. The molecule has 1 aromatic carbocycles. The minimum Gasteiger partial charge on any atom is -0.435 e. The molecule has 1 unspecified atom stereocenters. The minimum absolute atomic E-state index is 0.0613. The molecular weight excluding hydrogens is 292 g/mol. The molecule has 1 heterocycles. The first kappa shape index (κ1) is 15.9. The zero-order valence-electron chi connectivity index (χ0n) is 12.5. The maximum atomic E-state index is 12.2. The van der Waals surface area contributed by atoms with Crippen LogP contribution in [0.15, 0.2) is 30.5 Å². The van der Waals surface area contributed by atoms with E-state index in [2.05, 4.69) is 15.2 Å². The van der Waals surface area contributed by atoms with E-state index < -0.39 is 6.61 Å². The van der Waals surface area contributed by atoms with Gasteiger partial charge in [-0.05, 0) is 31.5 Å². The predicted octanol–water partition coefficient (Wildman–Crippen LogP) is 2.82. The topological polar surface area (TPSA) is 56.1 Å². The van der Waals surface area contributed by atoms with Gasteiger partial charge in [-0.3, -0.25) is 9.48 Å². The van der Waals surface area contributed by atoms with Crippen molar-refractivity contribution in [2.24, 2.45) is 7.05 Å². The van der Waals surface area contributed by atoms with E-state index in [1.165, 1.54) is 18.3 Å². The van der Waals surface area contributed by atoms with Crippen molar-refractivity contribution in [1.29, 1.82) is 0 Å². The van der Waals surface area contributed by atoms with Gasteiger partial charge in [-0.1, -0.05) is 12.1 Å². The van der Waals surface area contributed by atoms with Crippen LogP contribution in [-0.2, 0) is 7.05 Å². The number of carbonyl (C=O) groups is 1. The average molecular weight is 309 g/mol. The number of halogens is 2. The first-order valence-corrected chi connectivity index (χ1v) is 6.72. The number of rotatable bonds is 5. The van der Waals surface area contributed by atoms with E-state index in [0.717, 1.165) is 5.69 Å². The number of nitrogens with one attached hydrogen (secondary N) is 1. The normalized spacial score (nSPS) is 12.3. The Labute approximate surface area is 126 Å². The van der Waals surface area contributed by atoms with Crippen LogP contribution < -0.4 is 10.1 Å². The van der Waals surface area contributed by atoms with E-state index in [1.807, 2.05) is 0 Å². The van der Waals surface area contributed by atoms with Gasteiger partial charge in [0, 0.05) is 12.7 Å². The standard InChI is InChI=1S/C15H17F2N3O2/c1-9(11-5-4-6-12(7-11)22-15(16)17)19-14(21)13-8-18-20(3)10(13)2/h4-9,15H,1-3H3,(H,19,21). The molecule has 0 fully saturated rings. The van der Waals surface area contributed by atoms with Crippen molar-refractivity contribution in [3.05, 3.63) is 47.3 Å². The van der Waals surface area contributed by atoms with E-state index in [9.17, 15) is 13.6 Å². The van der Waals surface area contributed by atoms with Crippen LogP contribution in [0.25, 0.3) is 0 Å². The summed E-state index contributed by atoms with van der Waals surface area (Å²) in [6.45, 7) is 0.688. The number of aromatic nitrogens is 2. The predicted molar refractivity (Wildman–Crippen MR) is 76.9 cm³/mol. The Hall–Kier alpha value is -2.44. The quantitative estimate of drug-likeness (QED) is 0.924. The van der Waals surface area contributed by atoms with Gasteiger partial charge >= 0.3 is 6.61 Å². The molecule has 118 valence electrons. The van der Waals surface area contributed by atoms with Crippen LogP contribution in [0.5, 0.6) is 5.75 Å². The summed E-state index contributed by atoms with van der Waals surface area (Å²) >= 11 is 0. The van der Waals surface area contributed by atoms with Crippen molar-refractivity contribution >= 4 is 5.91 Å². The Balaban J connectivity index is 2.10.